The summed E-state index contributed by atoms with van der Waals surface area (Å²) in [6, 6.07) is 17.3. The van der Waals surface area contributed by atoms with Crippen molar-refractivity contribution in [2.24, 2.45) is 7.05 Å². The third kappa shape index (κ3) is 6.60. The topological polar surface area (TPSA) is 115 Å². The highest BCUT2D eigenvalue weighted by Crippen LogP contribution is 2.19. The van der Waals surface area contributed by atoms with E-state index in [0.717, 1.165) is 20.3 Å². The number of benzene rings is 2. The molecule has 2 aromatic heterocycles. The Morgan fingerprint density at radius 2 is 1.80 bits per heavy atom. The summed E-state index contributed by atoms with van der Waals surface area (Å²) in [6.07, 6.45) is 2.22. The van der Waals surface area contributed by atoms with Crippen molar-refractivity contribution < 1.29 is 9.90 Å². The van der Waals surface area contributed by atoms with Crippen LogP contribution in [0.3, 0.4) is 0 Å². The molecule has 2 heterocycles. The van der Waals surface area contributed by atoms with Crippen LogP contribution < -0.4 is 22.1 Å². The third-order valence-electron chi connectivity index (χ3n) is 6.29. The normalized spacial score (nSPS) is 10.6. The van der Waals surface area contributed by atoms with Gasteiger partial charge < -0.3 is 15.0 Å². The lowest BCUT2D eigenvalue weighted by Gasteiger charge is -2.13. The molecule has 0 aliphatic heterocycles. The molecule has 0 bridgehead atoms. The highest BCUT2D eigenvalue weighted by molar-refractivity contribution is 6.32. The Balaban J connectivity index is 1.52. The van der Waals surface area contributed by atoms with E-state index in [2.05, 4.69) is 17.2 Å². The Bertz CT molecular complexity index is 1810. The number of carbonyl (C=O) groups is 1. The number of aromatic nitrogens is 3. The summed E-state index contributed by atoms with van der Waals surface area (Å²) in [7, 11) is 1.30. The molecule has 9 nitrogen and oxygen atoms in total. The molecular weight excluding hydrogens is 532 g/mol. The quantitative estimate of drug-likeness (QED) is 0.267. The summed E-state index contributed by atoms with van der Waals surface area (Å²) in [5.74, 6) is 5.36. The van der Waals surface area contributed by atoms with Crippen molar-refractivity contribution in [3.63, 3.8) is 0 Å². The second-order valence-electron chi connectivity index (χ2n) is 9.24. The lowest BCUT2D eigenvalue weighted by atomic mass is 10.1. The number of nitrogens with one attached hydrogen (secondary N) is 1. The number of pyridine rings is 1. The Morgan fingerprint density at radius 1 is 1.05 bits per heavy atom. The fourth-order valence-corrected chi connectivity index (χ4v) is 4.24. The molecule has 2 N–H and O–H groups in total. The van der Waals surface area contributed by atoms with Gasteiger partial charge >= 0.3 is 5.69 Å². The molecule has 0 saturated carbocycles. The third-order valence-corrected chi connectivity index (χ3v) is 6.69. The van der Waals surface area contributed by atoms with Crippen molar-refractivity contribution in [1.29, 1.82) is 0 Å². The number of hydrogen-bond donors (Lipinski definition) is 2. The molecule has 2 aromatic carbocycles. The van der Waals surface area contributed by atoms with Gasteiger partial charge in [0.25, 0.3) is 11.1 Å². The van der Waals surface area contributed by atoms with Crippen molar-refractivity contribution >= 4 is 23.2 Å². The molecule has 0 aliphatic rings. The molecule has 4 aromatic rings. The molecular formula is C30H27ClN4O5. The summed E-state index contributed by atoms with van der Waals surface area (Å²) in [5, 5.41) is 12.6. The number of rotatable bonds is 7. The Hall–Kier alpha value is -4.81. The molecule has 0 atom stereocenters. The zero-order valence-electron chi connectivity index (χ0n) is 22.0. The van der Waals surface area contributed by atoms with E-state index >= 15 is 0 Å². The number of halogens is 1. The van der Waals surface area contributed by atoms with Gasteiger partial charge in [-0.25, -0.2) is 4.79 Å². The maximum Gasteiger partial charge on any atom is 0.332 e. The number of hydrogen-bond acceptors (Lipinski definition) is 5. The van der Waals surface area contributed by atoms with Crippen molar-refractivity contribution in [3.8, 4) is 17.6 Å². The fraction of sp³-hybridized carbons (Fsp3) is 0.200. The summed E-state index contributed by atoms with van der Waals surface area (Å²) in [5.41, 5.74) is 1.32. The second kappa shape index (κ2) is 12.4. The van der Waals surface area contributed by atoms with E-state index in [9.17, 15) is 24.3 Å². The summed E-state index contributed by atoms with van der Waals surface area (Å²) < 4.78 is 3.41. The first-order valence-electron chi connectivity index (χ1n) is 12.4. The first-order valence-corrected chi connectivity index (χ1v) is 12.8. The van der Waals surface area contributed by atoms with Gasteiger partial charge in [-0.1, -0.05) is 59.3 Å². The Labute approximate surface area is 234 Å². The maximum atomic E-state index is 12.8. The minimum absolute atomic E-state index is 0.0152. The van der Waals surface area contributed by atoms with Crippen LogP contribution in [0.4, 0.5) is 5.69 Å². The molecule has 0 radical (unpaired) electrons. The largest absolute Gasteiger partial charge is 0.508 e. The molecule has 204 valence electrons. The van der Waals surface area contributed by atoms with E-state index in [1.165, 1.54) is 23.7 Å². The number of phenols is 1. The summed E-state index contributed by atoms with van der Waals surface area (Å²) in [4.78, 5) is 50.1. The van der Waals surface area contributed by atoms with Crippen LogP contribution in [0.1, 0.15) is 28.7 Å². The van der Waals surface area contributed by atoms with Gasteiger partial charge in [0.2, 0.25) is 5.91 Å². The smallest absolute Gasteiger partial charge is 0.332 e. The Morgan fingerprint density at radius 3 is 2.52 bits per heavy atom. The number of nitrogens with zero attached hydrogens (tertiary/aromatic N) is 3. The van der Waals surface area contributed by atoms with Crippen molar-refractivity contribution in [2.75, 3.05) is 5.32 Å². The van der Waals surface area contributed by atoms with E-state index in [1.54, 1.807) is 30.5 Å². The monoisotopic (exact) mass is 558 g/mol. The first-order chi connectivity index (χ1) is 19.1. The van der Waals surface area contributed by atoms with Gasteiger partial charge in [-0.3, -0.25) is 23.5 Å². The SMILES string of the molecule is Cc1ccc(CCC(=O)Nc2c(Cl)n(CC#Cc3ccc(O)c(Cn4ccccc4=O)c3)c(=O)n(C)c2=O)cc1. The number of aryl methyl sites for hydroxylation is 2. The van der Waals surface area contributed by atoms with E-state index in [-0.39, 0.29) is 41.7 Å². The minimum atomic E-state index is -0.720. The van der Waals surface area contributed by atoms with Crippen molar-refractivity contribution in [1.82, 2.24) is 13.7 Å². The molecule has 0 aliphatic carbocycles. The van der Waals surface area contributed by atoms with Gasteiger partial charge in [0.1, 0.15) is 16.6 Å². The van der Waals surface area contributed by atoms with E-state index < -0.39 is 17.2 Å². The number of anilines is 1. The first kappa shape index (κ1) is 28.2. The van der Waals surface area contributed by atoms with E-state index in [4.69, 9.17) is 11.6 Å². The molecule has 0 spiro atoms. The van der Waals surface area contributed by atoms with E-state index in [1.807, 2.05) is 31.2 Å². The summed E-state index contributed by atoms with van der Waals surface area (Å²) >= 11 is 6.40. The number of aromatic hydroxyl groups is 1. The van der Waals surface area contributed by atoms with Crippen LogP contribution in [0.5, 0.6) is 5.75 Å². The van der Waals surface area contributed by atoms with Gasteiger partial charge in [0.15, 0.2) is 0 Å². The highest BCUT2D eigenvalue weighted by Gasteiger charge is 2.18. The van der Waals surface area contributed by atoms with Gasteiger partial charge in [0, 0.05) is 36.9 Å². The van der Waals surface area contributed by atoms with Crippen LogP contribution in [-0.2, 0) is 31.4 Å². The Kier molecular flexibility index (Phi) is 8.72. The van der Waals surface area contributed by atoms with Crippen molar-refractivity contribution in [2.45, 2.75) is 32.9 Å². The van der Waals surface area contributed by atoms with Crippen LogP contribution in [-0.4, -0.2) is 24.7 Å². The maximum absolute atomic E-state index is 12.8. The molecule has 0 fully saturated rings. The predicted octanol–water partition coefficient (Wildman–Crippen LogP) is 3.05. The zero-order chi connectivity index (χ0) is 28.8. The minimum Gasteiger partial charge on any atom is -0.508 e. The molecule has 10 heteroatoms. The average molecular weight is 559 g/mol. The fourth-order valence-electron chi connectivity index (χ4n) is 3.98. The zero-order valence-corrected chi connectivity index (χ0v) is 22.7. The van der Waals surface area contributed by atoms with E-state index in [0.29, 0.717) is 17.5 Å². The molecule has 0 saturated heterocycles. The van der Waals surface area contributed by atoms with Gasteiger partial charge in [-0.15, -0.1) is 0 Å². The summed E-state index contributed by atoms with van der Waals surface area (Å²) in [6.45, 7) is 1.97. The van der Waals surface area contributed by atoms with Crippen LogP contribution in [0, 0.1) is 18.8 Å². The highest BCUT2D eigenvalue weighted by atomic mass is 35.5. The van der Waals surface area contributed by atoms with Gasteiger partial charge in [-0.2, -0.15) is 0 Å². The van der Waals surface area contributed by atoms with Crippen molar-refractivity contribution in [3.05, 3.63) is 125 Å². The molecule has 1 amide bonds. The number of carbonyl (C=O) groups excluding carboxylic acids is 1. The number of phenolic OH excluding ortho intramolecular Hbond substituents is 1. The predicted molar refractivity (Wildman–Crippen MR) is 154 cm³/mol. The van der Waals surface area contributed by atoms with Crippen LogP contribution in [0.2, 0.25) is 5.15 Å². The second-order valence-corrected chi connectivity index (χ2v) is 9.60. The molecule has 4 rings (SSSR count). The van der Waals surface area contributed by atoms with Crippen LogP contribution >= 0.6 is 11.6 Å². The molecule has 0 unspecified atom stereocenters. The van der Waals surface area contributed by atoms with Gasteiger partial charge in [-0.05, 0) is 43.2 Å². The van der Waals surface area contributed by atoms with Gasteiger partial charge in [0.05, 0.1) is 13.1 Å². The lowest BCUT2D eigenvalue weighted by Crippen LogP contribution is -2.40. The van der Waals surface area contributed by atoms with Crippen LogP contribution in [0.25, 0.3) is 0 Å². The van der Waals surface area contributed by atoms with Crippen LogP contribution in [0.15, 0.2) is 81.2 Å². The molecule has 40 heavy (non-hydrogen) atoms. The lowest BCUT2D eigenvalue weighted by molar-refractivity contribution is -0.116. The number of amides is 1. The average Bonchev–Trinajstić information content (AvgIpc) is 2.94. The standard InChI is InChI=1S/C30H27ClN4O5/c1-20-8-10-21(11-9-20)13-15-25(37)32-27-28(31)35(30(40)33(2)29(27)39)17-5-6-22-12-14-24(36)23(18-22)19-34-16-4-3-7-26(34)38/h3-4,7-12,14,16,18,36H,13,15,17,19H2,1-2H3,(H,32,37).